The van der Waals surface area contributed by atoms with Crippen LogP contribution in [-0.4, -0.2) is 60.0 Å². The summed E-state index contributed by atoms with van der Waals surface area (Å²) < 4.78 is 7.09. The van der Waals surface area contributed by atoms with Crippen molar-refractivity contribution >= 4 is 5.96 Å². The van der Waals surface area contributed by atoms with E-state index in [4.69, 9.17) is 4.74 Å². The second-order valence-electron chi connectivity index (χ2n) is 7.94. The largest absolute Gasteiger partial charge is 0.497 e. The van der Waals surface area contributed by atoms with Crippen LogP contribution in [-0.2, 0) is 6.54 Å². The van der Waals surface area contributed by atoms with Crippen LogP contribution in [0.2, 0.25) is 0 Å². The number of rotatable bonds is 6. The van der Waals surface area contributed by atoms with Crippen molar-refractivity contribution < 1.29 is 4.74 Å². The average Bonchev–Trinajstić information content (AvgIpc) is 3.52. The van der Waals surface area contributed by atoms with Gasteiger partial charge in [0.05, 0.1) is 25.0 Å². The highest BCUT2D eigenvalue weighted by Gasteiger charge is 2.30. The van der Waals surface area contributed by atoms with Gasteiger partial charge in [-0.2, -0.15) is 5.10 Å². The number of aromatic nitrogens is 2. The summed E-state index contributed by atoms with van der Waals surface area (Å²) in [6.45, 7) is 2.96. The first kappa shape index (κ1) is 19.8. The molecule has 2 fully saturated rings. The normalized spacial score (nSPS) is 20.9. The van der Waals surface area contributed by atoms with Gasteiger partial charge in [-0.1, -0.05) is 12.8 Å². The maximum Gasteiger partial charge on any atom is 0.191 e. The molecule has 1 aromatic carbocycles. The number of nitrogens with one attached hydrogen (secondary N) is 2. The SMILES string of the molecule is CN=C(NCc1ccn(-c2ccc(OC)cc2)n1)NC1CCN(C2CCCC2)C1. The molecule has 0 radical (unpaired) electrons. The Balaban J connectivity index is 1.27. The lowest BCUT2D eigenvalue weighted by Crippen LogP contribution is -2.45. The fraction of sp³-hybridized carbons (Fsp3) is 0.545. The Morgan fingerprint density at radius 1 is 1.17 bits per heavy atom. The molecule has 2 N–H and O–H groups in total. The fourth-order valence-electron chi connectivity index (χ4n) is 4.40. The van der Waals surface area contributed by atoms with E-state index < -0.39 is 0 Å². The first-order valence-corrected chi connectivity index (χ1v) is 10.7. The van der Waals surface area contributed by atoms with E-state index in [1.165, 1.54) is 38.6 Å². The quantitative estimate of drug-likeness (QED) is 0.580. The zero-order valence-electron chi connectivity index (χ0n) is 17.5. The Morgan fingerprint density at radius 2 is 1.97 bits per heavy atom. The molecule has 7 nitrogen and oxygen atoms in total. The Hall–Kier alpha value is -2.54. The molecule has 2 aromatic rings. The summed E-state index contributed by atoms with van der Waals surface area (Å²) in [5.74, 6) is 1.69. The number of ether oxygens (including phenoxy) is 1. The van der Waals surface area contributed by atoms with Crippen LogP contribution in [0, 0.1) is 0 Å². The fourth-order valence-corrected chi connectivity index (χ4v) is 4.40. The Bertz CT molecular complexity index is 809. The topological polar surface area (TPSA) is 66.7 Å². The summed E-state index contributed by atoms with van der Waals surface area (Å²) in [6, 6.07) is 11.2. The van der Waals surface area contributed by atoms with Crippen LogP contribution in [0.15, 0.2) is 41.5 Å². The van der Waals surface area contributed by atoms with Crippen molar-refractivity contribution in [3.8, 4) is 11.4 Å². The molecule has 0 amide bonds. The van der Waals surface area contributed by atoms with Gasteiger partial charge in [0.25, 0.3) is 0 Å². The predicted octanol–water partition coefficient (Wildman–Crippen LogP) is 2.56. The minimum atomic E-state index is 0.471. The van der Waals surface area contributed by atoms with Crippen molar-refractivity contribution in [2.75, 3.05) is 27.2 Å². The lowest BCUT2D eigenvalue weighted by atomic mass is 10.2. The average molecular weight is 397 g/mol. The lowest BCUT2D eigenvalue weighted by Gasteiger charge is -2.24. The molecule has 1 unspecified atom stereocenters. The zero-order chi connectivity index (χ0) is 20.1. The molecule has 1 aliphatic carbocycles. The lowest BCUT2D eigenvalue weighted by molar-refractivity contribution is 0.242. The summed E-state index contributed by atoms with van der Waals surface area (Å²) in [4.78, 5) is 7.06. The van der Waals surface area contributed by atoms with Crippen molar-refractivity contribution in [2.24, 2.45) is 4.99 Å². The highest BCUT2D eigenvalue weighted by molar-refractivity contribution is 5.79. The smallest absolute Gasteiger partial charge is 0.191 e. The summed E-state index contributed by atoms with van der Waals surface area (Å²) in [6.07, 6.45) is 8.69. The van der Waals surface area contributed by atoms with Crippen LogP contribution in [0.5, 0.6) is 5.75 Å². The molecule has 1 aromatic heterocycles. The second kappa shape index (κ2) is 9.31. The van der Waals surface area contributed by atoms with Crippen molar-refractivity contribution in [1.29, 1.82) is 0 Å². The van der Waals surface area contributed by atoms with Crippen molar-refractivity contribution in [3.05, 3.63) is 42.2 Å². The van der Waals surface area contributed by atoms with Gasteiger partial charge in [0, 0.05) is 38.4 Å². The number of nitrogens with zero attached hydrogens (tertiary/aromatic N) is 4. The van der Waals surface area contributed by atoms with Crippen LogP contribution in [0.1, 0.15) is 37.8 Å². The number of guanidine groups is 1. The highest BCUT2D eigenvalue weighted by Crippen LogP contribution is 2.26. The van der Waals surface area contributed by atoms with Gasteiger partial charge >= 0.3 is 0 Å². The van der Waals surface area contributed by atoms with Gasteiger partial charge in [0.2, 0.25) is 0 Å². The summed E-state index contributed by atoms with van der Waals surface area (Å²) in [5, 5.41) is 11.7. The summed E-state index contributed by atoms with van der Waals surface area (Å²) in [5.41, 5.74) is 1.99. The summed E-state index contributed by atoms with van der Waals surface area (Å²) >= 11 is 0. The Morgan fingerprint density at radius 3 is 2.69 bits per heavy atom. The third-order valence-electron chi connectivity index (χ3n) is 6.04. The van der Waals surface area contributed by atoms with Crippen LogP contribution >= 0.6 is 0 Å². The molecular weight excluding hydrogens is 364 g/mol. The van der Waals surface area contributed by atoms with E-state index in [0.29, 0.717) is 12.6 Å². The maximum atomic E-state index is 5.21. The van der Waals surface area contributed by atoms with Gasteiger partial charge in [0.1, 0.15) is 5.75 Å². The molecule has 2 aliphatic rings. The minimum Gasteiger partial charge on any atom is -0.497 e. The predicted molar refractivity (Wildman–Crippen MR) is 116 cm³/mol. The number of hydrogen-bond acceptors (Lipinski definition) is 4. The molecule has 156 valence electrons. The van der Waals surface area contributed by atoms with E-state index in [1.54, 1.807) is 7.11 Å². The number of likely N-dealkylation sites (tertiary alicyclic amines) is 1. The van der Waals surface area contributed by atoms with E-state index in [1.807, 2.05) is 48.3 Å². The second-order valence-corrected chi connectivity index (χ2v) is 7.94. The van der Waals surface area contributed by atoms with Crippen LogP contribution in [0.3, 0.4) is 0 Å². The number of benzene rings is 1. The van der Waals surface area contributed by atoms with Gasteiger partial charge in [0.15, 0.2) is 5.96 Å². The molecular formula is C22H32N6O. The number of aliphatic imine (C=N–C) groups is 1. The maximum absolute atomic E-state index is 5.21. The van der Waals surface area contributed by atoms with Crippen LogP contribution in [0.4, 0.5) is 0 Å². The van der Waals surface area contributed by atoms with Crippen molar-refractivity contribution in [3.63, 3.8) is 0 Å². The van der Waals surface area contributed by atoms with E-state index >= 15 is 0 Å². The molecule has 4 rings (SSSR count). The minimum absolute atomic E-state index is 0.471. The monoisotopic (exact) mass is 396 g/mol. The van der Waals surface area contributed by atoms with Gasteiger partial charge in [-0.05, 0) is 49.6 Å². The molecule has 0 spiro atoms. The van der Waals surface area contributed by atoms with Crippen molar-refractivity contribution in [2.45, 2.75) is 50.7 Å². The molecule has 2 heterocycles. The van der Waals surface area contributed by atoms with Gasteiger partial charge < -0.3 is 15.4 Å². The number of methoxy groups -OCH3 is 1. The van der Waals surface area contributed by atoms with E-state index in [0.717, 1.165) is 35.7 Å². The first-order valence-electron chi connectivity index (χ1n) is 10.7. The molecule has 1 atom stereocenters. The van der Waals surface area contributed by atoms with E-state index in [9.17, 15) is 0 Å². The van der Waals surface area contributed by atoms with Gasteiger partial charge in [-0.15, -0.1) is 0 Å². The van der Waals surface area contributed by atoms with E-state index in [-0.39, 0.29) is 0 Å². The molecule has 1 aliphatic heterocycles. The molecule has 1 saturated heterocycles. The zero-order valence-corrected chi connectivity index (χ0v) is 17.5. The highest BCUT2D eigenvalue weighted by atomic mass is 16.5. The number of hydrogen-bond donors (Lipinski definition) is 2. The third-order valence-corrected chi connectivity index (χ3v) is 6.04. The Kier molecular flexibility index (Phi) is 6.34. The Labute approximate surface area is 173 Å². The first-order chi connectivity index (χ1) is 14.2. The van der Waals surface area contributed by atoms with Crippen LogP contribution < -0.4 is 15.4 Å². The molecule has 29 heavy (non-hydrogen) atoms. The standard InChI is InChI=1S/C22H32N6O/c1-23-22(25-18-11-13-27(16-18)19-5-3-4-6-19)24-15-17-12-14-28(26-17)20-7-9-21(29-2)10-8-20/h7-10,12,14,18-19H,3-6,11,13,15-16H2,1-2H3,(H2,23,24,25). The van der Waals surface area contributed by atoms with Crippen molar-refractivity contribution in [1.82, 2.24) is 25.3 Å². The van der Waals surface area contributed by atoms with Gasteiger partial charge in [-0.25, -0.2) is 4.68 Å². The van der Waals surface area contributed by atoms with Gasteiger partial charge in [-0.3, -0.25) is 9.89 Å². The molecule has 0 bridgehead atoms. The third kappa shape index (κ3) is 4.90. The summed E-state index contributed by atoms with van der Waals surface area (Å²) in [7, 11) is 3.50. The molecule has 1 saturated carbocycles. The van der Waals surface area contributed by atoms with E-state index in [2.05, 4.69) is 25.6 Å². The molecule has 7 heteroatoms. The van der Waals surface area contributed by atoms with Crippen LogP contribution in [0.25, 0.3) is 5.69 Å².